The monoisotopic (exact) mass is 355 g/mol. The number of hydrogen-bond acceptors (Lipinski definition) is 3. The molecule has 1 amide bonds. The van der Waals surface area contributed by atoms with Gasteiger partial charge in [0.15, 0.2) is 12.4 Å². The highest BCUT2D eigenvalue weighted by Gasteiger charge is 2.12. The number of Topliss-reactive ketones (excluding diaryl/α,β-unsaturated/α-hetero) is 1. The lowest BCUT2D eigenvalue weighted by molar-refractivity contribution is -0.118. The molecule has 0 heterocycles. The number of ketones is 1. The van der Waals surface area contributed by atoms with E-state index in [-0.39, 0.29) is 34.4 Å². The summed E-state index contributed by atoms with van der Waals surface area (Å²) in [5.41, 5.74) is 0.551. The quantitative estimate of drug-likeness (QED) is 0.811. The third-order valence-electron chi connectivity index (χ3n) is 2.88. The van der Waals surface area contributed by atoms with Crippen LogP contribution in [-0.2, 0) is 4.79 Å². The number of nitrogens with one attached hydrogen (secondary N) is 1. The smallest absolute Gasteiger partial charge is 0.262 e. The first kappa shape index (κ1) is 17.2. The molecule has 23 heavy (non-hydrogen) atoms. The van der Waals surface area contributed by atoms with Gasteiger partial charge in [-0.25, -0.2) is 4.39 Å². The van der Waals surface area contributed by atoms with Gasteiger partial charge in [-0.1, -0.05) is 23.2 Å². The molecule has 2 aromatic rings. The molecule has 0 aliphatic carbocycles. The highest BCUT2D eigenvalue weighted by atomic mass is 35.5. The number of carbonyl (C=O) groups excluding carboxylic acids is 2. The van der Waals surface area contributed by atoms with Crippen molar-refractivity contribution in [2.75, 3.05) is 11.9 Å². The number of anilines is 1. The second-order valence-corrected chi connectivity index (χ2v) is 5.50. The van der Waals surface area contributed by atoms with Crippen LogP contribution in [0.4, 0.5) is 10.1 Å². The molecule has 0 spiro atoms. The largest absolute Gasteiger partial charge is 0.483 e. The molecule has 4 nitrogen and oxygen atoms in total. The Morgan fingerprint density at radius 3 is 2.57 bits per heavy atom. The van der Waals surface area contributed by atoms with Crippen molar-refractivity contribution >= 4 is 40.6 Å². The minimum absolute atomic E-state index is 0.0780. The van der Waals surface area contributed by atoms with Crippen LogP contribution in [0, 0.1) is 5.82 Å². The molecule has 120 valence electrons. The van der Waals surface area contributed by atoms with Gasteiger partial charge in [-0.2, -0.15) is 0 Å². The zero-order valence-electron chi connectivity index (χ0n) is 12.0. The average molecular weight is 356 g/mol. The van der Waals surface area contributed by atoms with Crippen molar-refractivity contribution in [3.63, 3.8) is 0 Å². The van der Waals surface area contributed by atoms with E-state index >= 15 is 0 Å². The van der Waals surface area contributed by atoms with Crippen LogP contribution in [0.15, 0.2) is 36.4 Å². The second kappa shape index (κ2) is 7.44. The molecule has 0 saturated carbocycles. The molecular formula is C16H12Cl2FNO3. The van der Waals surface area contributed by atoms with E-state index in [0.29, 0.717) is 5.02 Å². The Labute approximate surface area is 142 Å². The van der Waals surface area contributed by atoms with Gasteiger partial charge in [0, 0.05) is 5.02 Å². The average Bonchev–Trinajstić information content (AvgIpc) is 2.48. The van der Waals surface area contributed by atoms with Crippen molar-refractivity contribution in [1.29, 1.82) is 0 Å². The lowest BCUT2D eigenvalue weighted by Crippen LogP contribution is -2.21. The van der Waals surface area contributed by atoms with E-state index in [9.17, 15) is 14.0 Å². The molecule has 0 aliphatic rings. The lowest BCUT2D eigenvalue weighted by atomic mass is 10.1. The first-order valence-electron chi connectivity index (χ1n) is 6.55. The minimum Gasteiger partial charge on any atom is -0.483 e. The molecule has 0 fully saturated rings. The van der Waals surface area contributed by atoms with Gasteiger partial charge in [0.05, 0.1) is 16.3 Å². The molecule has 0 radical (unpaired) electrons. The Bertz CT molecular complexity index is 765. The summed E-state index contributed by atoms with van der Waals surface area (Å²) < 4.78 is 18.3. The number of halogens is 3. The van der Waals surface area contributed by atoms with Crippen LogP contribution in [0.1, 0.15) is 17.3 Å². The van der Waals surface area contributed by atoms with Gasteiger partial charge < -0.3 is 10.1 Å². The van der Waals surface area contributed by atoms with Crippen molar-refractivity contribution in [2.24, 2.45) is 0 Å². The van der Waals surface area contributed by atoms with Gasteiger partial charge in [-0.15, -0.1) is 0 Å². The molecule has 0 aliphatic heterocycles. The van der Waals surface area contributed by atoms with Crippen LogP contribution in [-0.4, -0.2) is 18.3 Å². The van der Waals surface area contributed by atoms with E-state index in [0.717, 1.165) is 6.07 Å². The van der Waals surface area contributed by atoms with Gasteiger partial charge in [0.2, 0.25) is 0 Å². The minimum atomic E-state index is -0.503. The molecular weight excluding hydrogens is 344 g/mol. The van der Waals surface area contributed by atoms with Gasteiger partial charge in [0.1, 0.15) is 11.6 Å². The molecule has 0 aromatic heterocycles. The fraction of sp³-hybridized carbons (Fsp3) is 0.125. The SMILES string of the molecule is CC(=O)c1cc(Cl)ccc1OCC(=O)Nc1ccc(F)cc1Cl. The molecule has 0 bridgehead atoms. The zero-order chi connectivity index (χ0) is 17.0. The van der Waals surface area contributed by atoms with Crippen LogP contribution in [0.2, 0.25) is 10.0 Å². The van der Waals surface area contributed by atoms with Gasteiger partial charge >= 0.3 is 0 Å². The molecule has 0 saturated heterocycles. The fourth-order valence-electron chi connectivity index (χ4n) is 1.82. The zero-order valence-corrected chi connectivity index (χ0v) is 13.5. The summed E-state index contributed by atoms with van der Waals surface area (Å²) in [5, 5.41) is 2.97. The predicted octanol–water partition coefficient (Wildman–Crippen LogP) is 4.35. The number of ether oxygens (including phenoxy) is 1. The maximum absolute atomic E-state index is 12.9. The van der Waals surface area contributed by atoms with Crippen LogP contribution in [0.3, 0.4) is 0 Å². The third-order valence-corrected chi connectivity index (χ3v) is 3.43. The Morgan fingerprint density at radius 2 is 1.91 bits per heavy atom. The van der Waals surface area contributed by atoms with Crippen molar-refractivity contribution < 1.29 is 18.7 Å². The van der Waals surface area contributed by atoms with Crippen molar-refractivity contribution in [1.82, 2.24) is 0 Å². The van der Waals surface area contributed by atoms with E-state index < -0.39 is 11.7 Å². The summed E-state index contributed by atoms with van der Waals surface area (Å²) in [5.74, 6) is -0.980. The molecule has 0 atom stereocenters. The number of hydrogen-bond donors (Lipinski definition) is 1. The molecule has 7 heteroatoms. The Morgan fingerprint density at radius 1 is 1.17 bits per heavy atom. The van der Waals surface area contributed by atoms with Gasteiger partial charge in [0.25, 0.3) is 5.91 Å². The summed E-state index contributed by atoms with van der Waals surface area (Å²) in [7, 11) is 0. The predicted molar refractivity (Wildman–Crippen MR) is 87.0 cm³/mol. The number of benzene rings is 2. The Kier molecular flexibility index (Phi) is 5.58. The summed E-state index contributed by atoms with van der Waals surface area (Å²) in [6.07, 6.45) is 0. The van der Waals surface area contributed by atoms with E-state index in [2.05, 4.69) is 5.32 Å². The van der Waals surface area contributed by atoms with Crippen molar-refractivity contribution in [3.05, 3.63) is 57.8 Å². The topological polar surface area (TPSA) is 55.4 Å². The van der Waals surface area contributed by atoms with Gasteiger partial charge in [-0.3, -0.25) is 9.59 Å². The van der Waals surface area contributed by atoms with E-state index in [4.69, 9.17) is 27.9 Å². The highest BCUT2D eigenvalue weighted by molar-refractivity contribution is 6.33. The number of amides is 1. The van der Waals surface area contributed by atoms with E-state index in [1.807, 2.05) is 0 Å². The molecule has 2 rings (SSSR count). The molecule has 0 unspecified atom stereocenters. The Hall–Kier alpha value is -2.11. The summed E-state index contributed by atoms with van der Waals surface area (Å²) in [6, 6.07) is 8.14. The summed E-state index contributed by atoms with van der Waals surface area (Å²) in [4.78, 5) is 23.4. The third kappa shape index (κ3) is 4.68. The highest BCUT2D eigenvalue weighted by Crippen LogP contribution is 2.24. The first-order chi connectivity index (χ1) is 10.9. The number of carbonyl (C=O) groups is 2. The van der Waals surface area contributed by atoms with Crippen LogP contribution >= 0.6 is 23.2 Å². The summed E-state index contributed by atoms with van der Waals surface area (Å²) in [6.45, 7) is 1.03. The Balaban J connectivity index is 2.03. The standard InChI is InChI=1S/C16H12Cl2FNO3/c1-9(21)12-6-10(17)2-5-15(12)23-8-16(22)20-14-4-3-11(19)7-13(14)18/h2-7H,8H2,1H3,(H,20,22). The van der Waals surface area contributed by atoms with Gasteiger partial charge in [-0.05, 0) is 43.3 Å². The van der Waals surface area contributed by atoms with Crippen LogP contribution < -0.4 is 10.1 Å². The van der Waals surface area contributed by atoms with Crippen molar-refractivity contribution in [3.8, 4) is 5.75 Å². The molecule has 2 aromatic carbocycles. The van der Waals surface area contributed by atoms with Crippen molar-refractivity contribution in [2.45, 2.75) is 6.92 Å². The number of rotatable bonds is 5. The van der Waals surface area contributed by atoms with E-state index in [1.54, 1.807) is 6.07 Å². The van der Waals surface area contributed by atoms with E-state index in [1.165, 1.54) is 31.2 Å². The fourth-order valence-corrected chi connectivity index (χ4v) is 2.21. The summed E-state index contributed by atoms with van der Waals surface area (Å²) >= 11 is 11.6. The van der Waals surface area contributed by atoms with Crippen LogP contribution in [0.5, 0.6) is 5.75 Å². The lowest BCUT2D eigenvalue weighted by Gasteiger charge is -2.11. The maximum atomic E-state index is 12.9. The molecule has 1 N–H and O–H groups in total. The maximum Gasteiger partial charge on any atom is 0.262 e. The normalized spacial score (nSPS) is 10.3. The first-order valence-corrected chi connectivity index (χ1v) is 7.30. The second-order valence-electron chi connectivity index (χ2n) is 4.66. The van der Waals surface area contributed by atoms with Crippen LogP contribution in [0.25, 0.3) is 0 Å².